The molecule has 0 fully saturated rings. The second kappa shape index (κ2) is 4.25. The van der Waals surface area contributed by atoms with Gasteiger partial charge in [0.25, 0.3) is 0 Å². The summed E-state index contributed by atoms with van der Waals surface area (Å²) in [6, 6.07) is 0. The van der Waals surface area contributed by atoms with E-state index in [9.17, 15) is 0 Å². The molecule has 4 nitrogen and oxygen atoms in total. The summed E-state index contributed by atoms with van der Waals surface area (Å²) < 4.78 is 0. The smallest absolute Gasteiger partial charge is 0.423 e. The van der Waals surface area contributed by atoms with E-state index < -0.39 is 7.12 Å². The van der Waals surface area contributed by atoms with Gasteiger partial charge in [0.15, 0.2) is 0 Å². The number of oxime groups is 1. The zero-order chi connectivity index (χ0) is 9.84. The van der Waals surface area contributed by atoms with Crippen molar-refractivity contribution in [2.45, 2.75) is 13.3 Å². The molecule has 0 aromatic rings. The van der Waals surface area contributed by atoms with E-state index in [2.05, 4.69) is 9.99 Å². The second-order valence-corrected chi connectivity index (χ2v) is 2.88. The van der Waals surface area contributed by atoms with Crippen molar-refractivity contribution in [3.05, 3.63) is 23.2 Å². The molecule has 5 heteroatoms. The van der Waals surface area contributed by atoms with Crippen LogP contribution in [0.25, 0.3) is 0 Å². The van der Waals surface area contributed by atoms with Gasteiger partial charge < -0.3 is 14.9 Å². The van der Waals surface area contributed by atoms with Gasteiger partial charge in [-0.05, 0) is 18.5 Å². The van der Waals surface area contributed by atoms with Crippen LogP contribution in [-0.4, -0.2) is 30.0 Å². The maximum Gasteiger partial charge on any atom is 0.488 e. The van der Waals surface area contributed by atoms with E-state index in [0.717, 1.165) is 11.3 Å². The summed E-state index contributed by atoms with van der Waals surface area (Å²) in [5, 5.41) is 21.6. The quantitative estimate of drug-likeness (QED) is 0.475. The molecule has 0 aliphatic heterocycles. The monoisotopic (exact) mass is 181 g/mol. The van der Waals surface area contributed by atoms with Crippen LogP contribution in [0.4, 0.5) is 0 Å². The van der Waals surface area contributed by atoms with Gasteiger partial charge in [-0.1, -0.05) is 16.8 Å². The van der Waals surface area contributed by atoms with Crippen molar-refractivity contribution in [1.82, 2.24) is 0 Å². The molecule has 0 atom stereocenters. The Labute approximate surface area is 77.4 Å². The summed E-state index contributed by atoms with van der Waals surface area (Å²) in [5.74, 6) is 0. The van der Waals surface area contributed by atoms with Crippen molar-refractivity contribution in [1.29, 1.82) is 0 Å². The van der Waals surface area contributed by atoms with Gasteiger partial charge in [-0.2, -0.15) is 0 Å². The predicted octanol–water partition coefficient (Wildman–Crippen LogP) is 0.277. The maximum atomic E-state index is 8.94. The van der Waals surface area contributed by atoms with E-state index in [-0.39, 0.29) is 0 Å². The standard InChI is InChI=1S/C8H12BNO3/c1-6-5-7(10-13-2)3-4-8(6)9(11)12/h3-4,11-12H,5H2,1-2H3. The summed E-state index contributed by atoms with van der Waals surface area (Å²) in [6.45, 7) is 1.84. The number of hydrogen-bond acceptors (Lipinski definition) is 4. The maximum absolute atomic E-state index is 8.94. The Morgan fingerprint density at radius 3 is 2.62 bits per heavy atom. The average molecular weight is 181 g/mol. The molecule has 0 bridgehead atoms. The third kappa shape index (κ3) is 2.43. The molecule has 1 aliphatic carbocycles. The molecule has 0 radical (unpaired) electrons. The number of rotatable bonds is 2. The van der Waals surface area contributed by atoms with Crippen molar-refractivity contribution >= 4 is 12.8 Å². The van der Waals surface area contributed by atoms with E-state index >= 15 is 0 Å². The first-order chi connectivity index (χ1) is 6.15. The highest BCUT2D eigenvalue weighted by Gasteiger charge is 2.18. The molecule has 0 aromatic heterocycles. The molecule has 70 valence electrons. The van der Waals surface area contributed by atoms with Gasteiger partial charge in [0, 0.05) is 6.42 Å². The third-order valence-electron chi connectivity index (χ3n) is 1.88. The first-order valence-electron chi connectivity index (χ1n) is 3.99. The van der Waals surface area contributed by atoms with Crippen LogP contribution in [0.2, 0.25) is 0 Å². The summed E-state index contributed by atoms with van der Waals surface area (Å²) in [4.78, 5) is 4.61. The Hall–Kier alpha value is -1.07. The Balaban J connectivity index is 2.80. The minimum absolute atomic E-state index is 0.537. The van der Waals surface area contributed by atoms with Gasteiger partial charge in [-0.3, -0.25) is 0 Å². The fourth-order valence-electron chi connectivity index (χ4n) is 1.25. The van der Waals surface area contributed by atoms with Crippen molar-refractivity contribution in [2.24, 2.45) is 5.16 Å². The average Bonchev–Trinajstić information content (AvgIpc) is 2.04. The highest BCUT2D eigenvalue weighted by atomic mass is 16.6. The molecular formula is C8H12BNO3. The fraction of sp³-hybridized carbons (Fsp3) is 0.375. The molecule has 1 aliphatic rings. The Morgan fingerprint density at radius 2 is 2.15 bits per heavy atom. The predicted molar refractivity (Wildman–Crippen MR) is 51.1 cm³/mol. The summed E-state index contributed by atoms with van der Waals surface area (Å²) in [5.41, 5.74) is 2.22. The van der Waals surface area contributed by atoms with Crippen LogP contribution in [0, 0.1) is 0 Å². The molecule has 0 spiro atoms. The van der Waals surface area contributed by atoms with Crippen LogP contribution < -0.4 is 0 Å². The van der Waals surface area contributed by atoms with Crippen molar-refractivity contribution in [2.75, 3.05) is 7.11 Å². The van der Waals surface area contributed by atoms with E-state index in [1.54, 1.807) is 12.2 Å². The van der Waals surface area contributed by atoms with Crippen molar-refractivity contribution in [3.8, 4) is 0 Å². The lowest BCUT2D eigenvalue weighted by Crippen LogP contribution is -2.18. The zero-order valence-electron chi connectivity index (χ0n) is 7.69. The Bertz CT molecular complexity index is 281. The first kappa shape index (κ1) is 10.0. The van der Waals surface area contributed by atoms with E-state index in [4.69, 9.17) is 10.0 Å². The van der Waals surface area contributed by atoms with Gasteiger partial charge in [0.1, 0.15) is 7.11 Å². The molecule has 2 N–H and O–H groups in total. The van der Waals surface area contributed by atoms with Crippen LogP contribution >= 0.6 is 0 Å². The van der Waals surface area contributed by atoms with Crippen LogP contribution in [-0.2, 0) is 4.84 Å². The fourth-order valence-corrected chi connectivity index (χ4v) is 1.25. The second-order valence-electron chi connectivity index (χ2n) is 2.88. The molecule has 0 amide bonds. The zero-order valence-corrected chi connectivity index (χ0v) is 7.69. The number of allylic oxidation sites excluding steroid dienone is 4. The Kier molecular flexibility index (Phi) is 3.28. The molecule has 0 saturated carbocycles. The van der Waals surface area contributed by atoms with Crippen molar-refractivity contribution in [3.63, 3.8) is 0 Å². The van der Waals surface area contributed by atoms with Gasteiger partial charge in [-0.15, -0.1) is 0 Å². The molecule has 0 saturated heterocycles. The highest BCUT2D eigenvalue weighted by Crippen LogP contribution is 2.17. The Morgan fingerprint density at radius 1 is 1.46 bits per heavy atom. The number of hydrogen-bond donors (Lipinski definition) is 2. The first-order valence-corrected chi connectivity index (χ1v) is 3.99. The van der Waals surface area contributed by atoms with Crippen LogP contribution in [0.1, 0.15) is 13.3 Å². The van der Waals surface area contributed by atoms with Gasteiger partial charge >= 0.3 is 7.12 Å². The lowest BCUT2D eigenvalue weighted by molar-refractivity contribution is 0.213. The highest BCUT2D eigenvalue weighted by molar-refractivity contribution is 6.52. The van der Waals surface area contributed by atoms with Gasteiger partial charge in [0.2, 0.25) is 0 Å². The molecule has 1 rings (SSSR count). The molecule has 0 heterocycles. The summed E-state index contributed by atoms with van der Waals surface area (Å²) in [7, 11) is 0.0800. The summed E-state index contributed by atoms with van der Waals surface area (Å²) >= 11 is 0. The molecule has 13 heavy (non-hydrogen) atoms. The van der Waals surface area contributed by atoms with E-state index in [1.807, 2.05) is 6.92 Å². The minimum Gasteiger partial charge on any atom is -0.423 e. The van der Waals surface area contributed by atoms with Gasteiger partial charge in [-0.25, -0.2) is 0 Å². The molecule has 0 aromatic carbocycles. The van der Waals surface area contributed by atoms with Crippen LogP contribution in [0.15, 0.2) is 28.4 Å². The third-order valence-corrected chi connectivity index (χ3v) is 1.88. The van der Waals surface area contributed by atoms with E-state index in [0.29, 0.717) is 11.9 Å². The van der Waals surface area contributed by atoms with Crippen LogP contribution in [0.3, 0.4) is 0 Å². The normalized spacial score (nSPS) is 19.5. The lowest BCUT2D eigenvalue weighted by Gasteiger charge is -2.12. The van der Waals surface area contributed by atoms with Crippen molar-refractivity contribution < 1.29 is 14.9 Å². The van der Waals surface area contributed by atoms with Crippen LogP contribution in [0.5, 0.6) is 0 Å². The SMILES string of the molecule is CON=C1C=CC(B(O)O)=C(C)C1. The minimum atomic E-state index is -1.40. The lowest BCUT2D eigenvalue weighted by atomic mass is 9.73. The molecular weight excluding hydrogens is 169 g/mol. The largest absolute Gasteiger partial charge is 0.488 e. The summed E-state index contributed by atoms with van der Waals surface area (Å²) in [6.07, 6.45) is 3.95. The van der Waals surface area contributed by atoms with Gasteiger partial charge in [0.05, 0.1) is 5.71 Å². The van der Waals surface area contributed by atoms with E-state index in [1.165, 1.54) is 7.11 Å². The molecule has 0 unspecified atom stereocenters. The topological polar surface area (TPSA) is 62.0 Å². The number of nitrogens with zero attached hydrogens (tertiary/aromatic N) is 1.